The second-order valence-electron chi connectivity index (χ2n) is 8.02. The zero-order valence-electron chi connectivity index (χ0n) is 13.3. The summed E-state index contributed by atoms with van der Waals surface area (Å²) in [6.07, 6.45) is 7.33. The standard InChI is InChI=1S/C19H23Cl2NO/c20-16-3-1-13(2-4-16)5-6-22-17(23)18-8-14-7-15(9-18)11-19(21,10-14)12-18/h1-4,14-15H,5-12H2,(H,22,23). The number of rotatable bonds is 4. The van der Waals surface area contributed by atoms with Gasteiger partial charge >= 0.3 is 0 Å². The van der Waals surface area contributed by atoms with Crippen LogP contribution in [0.3, 0.4) is 0 Å². The molecule has 4 aliphatic carbocycles. The Morgan fingerprint density at radius 3 is 2.39 bits per heavy atom. The van der Waals surface area contributed by atoms with Gasteiger partial charge in [0.05, 0.1) is 5.41 Å². The third kappa shape index (κ3) is 3.00. The normalized spacial score (nSPS) is 37.8. The number of alkyl halides is 1. The van der Waals surface area contributed by atoms with Crippen LogP contribution in [0.1, 0.15) is 44.1 Å². The lowest BCUT2D eigenvalue weighted by Gasteiger charge is -2.59. The minimum Gasteiger partial charge on any atom is -0.355 e. The highest BCUT2D eigenvalue weighted by Gasteiger charge is 2.59. The van der Waals surface area contributed by atoms with Crippen LogP contribution in [0.5, 0.6) is 0 Å². The monoisotopic (exact) mass is 351 g/mol. The summed E-state index contributed by atoms with van der Waals surface area (Å²) < 4.78 is 0. The van der Waals surface area contributed by atoms with E-state index in [1.54, 1.807) is 0 Å². The van der Waals surface area contributed by atoms with E-state index < -0.39 is 0 Å². The van der Waals surface area contributed by atoms with E-state index in [0.29, 0.717) is 18.4 Å². The fourth-order valence-corrected chi connectivity index (χ4v) is 6.39. The number of amides is 1. The van der Waals surface area contributed by atoms with E-state index in [1.807, 2.05) is 24.3 Å². The van der Waals surface area contributed by atoms with Gasteiger partial charge in [0.2, 0.25) is 5.91 Å². The third-order valence-electron chi connectivity index (χ3n) is 6.08. The van der Waals surface area contributed by atoms with Gasteiger partial charge in [0.15, 0.2) is 0 Å². The van der Waals surface area contributed by atoms with Crippen molar-refractivity contribution in [3.63, 3.8) is 0 Å². The molecule has 1 aromatic rings. The summed E-state index contributed by atoms with van der Waals surface area (Å²) in [6.45, 7) is 0.687. The maximum atomic E-state index is 12.9. The van der Waals surface area contributed by atoms with Gasteiger partial charge in [-0.05, 0) is 74.5 Å². The molecule has 124 valence electrons. The molecule has 4 fully saturated rings. The molecule has 2 nitrogen and oxygen atoms in total. The van der Waals surface area contributed by atoms with Crippen molar-refractivity contribution in [2.45, 2.75) is 49.8 Å². The van der Waals surface area contributed by atoms with Crippen molar-refractivity contribution in [1.29, 1.82) is 0 Å². The molecule has 0 spiro atoms. The quantitative estimate of drug-likeness (QED) is 0.790. The van der Waals surface area contributed by atoms with Gasteiger partial charge in [0.1, 0.15) is 0 Å². The zero-order chi connectivity index (χ0) is 16.1. The lowest BCUT2D eigenvalue weighted by molar-refractivity contribution is -0.144. The van der Waals surface area contributed by atoms with E-state index in [0.717, 1.165) is 43.5 Å². The minimum atomic E-state index is -0.189. The Morgan fingerprint density at radius 1 is 1.13 bits per heavy atom. The Labute approximate surface area is 147 Å². The first-order valence-electron chi connectivity index (χ1n) is 8.68. The summed E-state index contributed by atoms with van der Waals surface area (Å²) in [7, 11) is 0. The fourth-order valence-electron chi connectivity index (χ4n) is 5.58. The highest BCUT2D eigenvalue weighted by molar-refractivity contribution is 6.30. The largest absolute Gasteiger partial charge is 0.355 e. The third-order valence-corrected chi connectivity index (χ3v) is 6.78. The molecule has 23 heavy (non-hydrogen) atoms. The molecule has 2 unspecified atom stereocenters. The van der Waals surface area contributed by atoms with E-state index in [4.69, 9.17) is 23.2 Å². The van der Waals surface area contributed by atoms with Crippen molar-refractivity contribution in [3.05, 3.63) is 34.9 Å². The predicted molar refractivity (Wildman–Crippen MR) is 93.9 cm³/mol. The van der Waals surface area contributed by atoms with Gasteiger partial charge in [0.25, 0.3) is 0 Å². The fraction of sp³-hybridized carbons (Fsp3) is 0.632. The van der Waals surface area contributed by atoms with Crippen LogP contribution in [-0.4, -0.2) is 17.3 Å². The summed E-state index contributed by atoms with van der Waals surface area (Å²) in [5.41, 5.74) is 1.01. The Bertz CT molecular complexity index is 598. The lowest BCUT2D eigenvalue weighted by atomic mass is 9.49. The summed E-state index contributed by atoms with van der Waals surface area (Å²) in [4.78, 5) is 12.8. The van der Waals surface area contributed by atoms with Crippen molar-refractivity contribution in [3.8, 4) is 0 Å². The van der Waals surface area contributed by atoms with E-state index in [2.05, 4.69) is 5.32 Å². The van der Waals surface area contributed by atoms with Crippen LogP contribution in [0.2, 0.25) is 5.02 Å². The van der Waals surface area contributed by atoms with Gasteiger partial charge in [-0.2, -0.15) is 0 Å². The summed E-state index contributed by atoms with van der Waals surface area (Å²) in [5.74, 6) is 1.57. The van der Waals surface area contributed by atoms with E-state index in [1.165, 1.54) is 12.0 Å². The molecule has 4 bridgehead atoms. The average molecular weight is 352 g/mol. The molecule has 0 aromatic heterocycles. The molecule has 1 amide bonds. The molecular weight excluding hydrogens is 329 g/mol. The van der Waals surface area contributed by atoms with Gasteiger partial charge in [-0.25, -0.2) is 0 Å². The summed E-state index contributed by atoms with van der Waals surface area (Å²) in [6, 6.07) is 7.84. The summed E-state index contributed by atoms with van der Waals surface area (Å²) in [5, 5.41) is 3.94. The Balaban J connectivity index is 1.38. The first kappa shape index (κ1) is 15.8. The van der Waals surface area contributed by atoms with Gasteiger partial charge in [0, 0.05) is 16.4 Å². The molecule has 5 rings (SSSR count). The molecule has 4 saturated carbocycles. The van der Waals surface area contributed by atoms with Crippen LogP contribution in [0, 0.1) is 17.3 Å². The van der Waals surface area contributed by atoms with Crippen LogP contribution in [0.4, 0.5) is 0 Å². The van der Waals surface area contributed by atoms with E-state index in [9.17, 15) is 4.79 Å². The zero-order valence-corrected chi connectivity index (χ0v) is 14.8. The smallest absolute Gasteiger partial charge is 0.226 e. The second kappa shape index (κ2) is 5.67. The maximum absolute atomic E-state index is 12.9. The van der Waals surface area contributed by atoms with Crippen LogP contribution < -0.4 is 5.32 Å². The van der Waals surface area contributed by atoms with Crippen LogP contribution in [0.25, 0.3) is 0 Å². The van der Waals surface area contributed by atoms with Gasteiger partial charge in [-0.3, -0.25) is 4.79 Å². The Hall–Kier alpha value is -0.730. The van der Waals surface area contributed by atoms with E-state index >= 15 is 0 Å². The highest BCUT2D eigenvalue weighted by atomic mass is 35.5. The predicted octanol–water partition coefficient (Wildman–Crippen LogP) is 4.58. The number of carbonyl (C=O) groups excluding carboxylic acids is 1. The first-order valence-corrected chi connectivity index (χ1v) is 9.44. The molecule has 0 radical (unpaired) electrons. The second-order valence-corrected chi connectivity index (χ2v) is 9.26. The molecule has 0 saturated heterocycles. The Kier molecular flexibility index (Phi) is 3.89. The number of benzene rings is 1. The molecule has 4 heteroatoms. The first-order chi connectivity index (χ1) is 11.0. The molecule has 4 aliphatic rings. The van der Waals surface area contributed by atoms with Gasteiger partial charge < -0.3 is 5.32 Å². The highest BCUT2D eigenvalue weighted by Crippen LogP contribution is 2.63. The van der Waals surface area contributed by atoms with Crippen LogP contribution >= 0.6 is 23.2 Å². The number of hydrogen-bond acceptors (Lipinski definition) is 1. The Morgan fingerprint density at radius 2 is 1.78 bits per heavy atom. The molecule has 1 aromatic carbocycles. The number of nitrogens with one attached hydrogen (secondary N) is 1. The molecule has 0 heterocycles. The number of hydrogen-bond donors (Lipinski definition) is 1. The van der Waals surface area contributed by atoms with Crippen molar-refractivity contribution >= 4 is 29.1 Å². The molecular formula is C19H23Cl2NO. The number of halogens is 2. The summed E-state index contributed by atoms with van der Waals surface area (Å²) >= 11 is 12.7. The van der Waals surface area contributed by atoms with Crippen molar-refractivity contribution in [1.82, 2.24) is 5.32 Å². The van der Waals surface area contributed by atoms with Gasteiger partial charge in [-0.1, -0.05) is 23.7 Å². The van der Waals surface area contributed by atoms with Crippen molar-refractivity contribution < 1.29 is 4.79 Å². The average Bonchev–Trinajstić information content (AvgIpc) is 2.46. The van der Waals surface area contributed by atoms with Crippen LogP contribution in [-0.2, 0) is 11.2 Å². The molecule has 0 aliphatic heterocycles. The van der Waals surface area contributed by atoms with Crippen molar-refractivity contribution in [2.75, 3.05) is 6.54 Å². The minimum absolute atomic E-state index is 0.0996. The lowest BCUT2D eigenvalue weighted by Crippen LogP contribution is -2.58. The van der Waals surface area contributed by atoms with Crippen LogP contribution in [0.15, 0.2) is 24.3 Å². The maximum Gasteiger partial charge on any atom is 0.226 e. The molecule has 2 atom stereocenters. The van der Waals surface area contributed by atoms with Gasteiger partial charge in [-0.15, -0.1) is 11.6 Å². The van der Waals surface area contributed by atoms with Crippen molar-refractivity contribution in [2.24, 2.45) is 17.3 Å². The SMILES string of the molecule is O=C(NCCc1ccc(Cl)cc1)C12CC3CC(CC(Cl)(C3)C1)C2. The van der Waals surface area contributed by atoms with E-state index in [-0.39, 0.29) is 16.2 Å². The topological polar surface area (TPSA) is 29.1 Å². The molecule has 1 N–H and O–H groups in total. The number of carbonyl (C=O) groups is 1.